The molecular formula is C18H24O4S2. The molecule has 0 saturated heterocycles. The summed E-state index contributed by atoms with van der Waals surface area (Å²) in [4.78, 5) is 22.4. The lowest BCUT2D eigenvalue weighted by atomic mass is 10.3. The van der Waals surface area contributed by atoms with E-state index in [4.69, 9.17) is 22.3 Å². The maximum atomic E-state index is 11.2. The normalized spacial score (nSPS) is 9.58. The largest absolute Gasteiger partial charge is 0.465 e. The number of ether oxygens (including phenoxy) is 2. The molecule has 0 aliphatic rings. The Bertz CT molecular complexity index is 432. The van der Waals surface area contributed by atoms with E-state index < -0.39 is 0 Å². The molecule has 0 bridgehead atoms. The zero-order valence-electron chi connectivity index (χ0n) is 13.9. The van der Waals surface area contributed by atoms with E-state index in [1.165, 1.54) is 0 Å². The second-order valence-electron chi connectivity index (χ2n) is 4.70. The van der Waals surface area contributed by atoms with Crippen molar-refractivity contribution in [1.29, 1.82) is 0 Å². The van der Waals surface area contributed by atoms with Crippen molar-refractivity contribution in [2.24, 2.45) is 0 Å². The summed E-state index contributed by atoms with van der Waals surface area (Å²) in [6.45, 7) is 4.78. The number of thioether (sulfide) groups is 2. The first kappa shape index (κ1) is 22.5. The van der Waals surface area contributed by atoms with Gasteiger partial charge in [0.1, 0.15) is 13.2 Å². The molecule has 0 amide bonds. The summed E-state index contributed by atoms with van der Waals surface area (Å²) >= 11 is 3.34. The average molecular weight is 369 g/mol. The van der Waals surface area contributed by atoms with Crippen LogP contribution in [-0.2, 0) is 19.1 Å². The van der Waals surface area contributed by atoms with E-state index in [1.807, 2.05) is 0 Å². The Morgan fingerprint density at radius 3 is 1.67 bits per heavy atom. The predicted molar refractivity (Wildman–Crippen MR) is 102 cm³/mol. The van der Waals surface area contributed by atoms with Gasteiger partial charge in [0.2, 0.25) is 0 Å². The lowest BCUT2D eigenvalue weighted by molar-refractivity contribution is -0.143. The Balaban J connectivity index is 3.42. The highest BCUT2D eigenvalue weighted by atomic mass is 32.2. The zero-order chi connectivity index (χ0) is 18.0. The topological polar surface area (TPSA) is 52.6 Å². The van der Waals surface area contributed by atoms with Gasteiger partial charge in [0.05, 0.1) is 12.8 Å². The molecule has 0 aliphatic carbocycles. The molecule has 0 rings (SSSR count). The molecular weight excluding hydrogens is 344 g/mol. The van der Waals surface area contributed by atoms with Crippen LogP contribution in [0.3, 0.4) is 0 Å². The van der Waals surface area contributed by atoms with E-state index in [1.54, 1.807) is 23.5 Å². The van der Waals surface area contributed by atoms with Crippen LogP contribution >= 0.6 is 23.5 Å². The minimum Gasteiger partial charge on any atom is -0.465 e. The van der Waals surface area contributed by atoms with Crippen LogP contribution in [0.25, 0.3) is 0 Å². The highest BCUT2D eigenvalue weighted by molar-refractivity contribution is 8.00. The Morgan fingerprint density at radius 2 is 1.29 bits per heavy atom. The summed E-state index contributed by atoms with van der Waals surface area (Å²) in [7, 11) is 0. The molecule has 4 nitrogen and oxygen atoms in total. The third kappa shape index (κ3) is 15.4. The summed E-state index contributed by atoms with van der Waals surface area (Å²) in [6, 6.07) is 0. The fraction of sp³-hybridized carbons (Fsp3) is 0.556. The molecule has 0 aromatic rings. The fourth-order valence-corrected chi connectivity index (χ4v) is 3.00. The summed E-state index contributed by atoms with van der Waals surface area (Å²) in [5.74, 6) is 7.41. The summed E-state index contributed by atoms with van der Waals surface area (Å²) in [5.41, 5.74) is 1.10. The van der Waals surface area contributed by atoms with Crippen molar-refractivity contribution < 1.29 is 19.1 Å². The van der Waals surface area contributed by atoms with Gasteiger partial charge in [-0.1, -0.05) is 12.2 Å². The van der Waals surface area contributed by atoms with Crippen LogP contribution in [0.5, 0.6) is 0 Å². The molecule has 0 aliphatic heterocycles. The van der Waals surface area contributed by atoms with Gasteiger partial charge in [-0.05, 0) is 0 Å². The number of hydrogen-bond acceptors (Lipinski definition) is 6. The molecule has 0 unspecified atom stereocenters. The molecule has 0 aromatic heterocycles. The van der Waals surface area contributed by atoms with Crippen LogP contribution in [-0.4, -0.2) is 48.2 Å². The number of carbonyl (C=O) groups excluding carboxylic acids is 2. The first-order valence-electron chi connectivity index (χ1n) is 7.60. The first-order valence-corrected chi connectivity index (χ1v) is 9.91. The van der Waals surface area contributed by atoms with E-state index in [2.05, 4.69) is 18.4 Å². The average Bonchev–Trinajstić information content (AvgIpc) is 2.57. The van der Waals surface area contributed by atoms with Gasteiger partial charge < -0.3 is 9.47 Å². The maximum Gasteiger partial charge on any atom is 0.306 e. The maximum absolute atomic E-state index is 11.2. The molecule has 132 valence electrons. The van der Waals surface area contributed by atoms with Crippen molar-refractivity contribution in [3.63, 3.8) is 0 Å². The zero-order valence-corrected chi connectivity index (χ0v) is 15.5. The summed E-state index contributed by atoms with van der Waals surface area (Å²) in [6.07, 6.45) is 11.5. The Morgan fingerprint density at radius 1 is 0.875 bits per heavy atom. The summed E-state index contributed by atoms with van der Waals surface area (Å²) < 4.78 is 10.1. The molecule has 0 N–H and O–H groups in total. The number of esters is 2. The van der Waals surface area contributed by atoms with Crippen molar-refractivity contribution in [3.8, 4) is 24.7 Å². The van der Waals surface area contributed by atoms with Crippen LogP contribution in [0, 0.1) is 24.7 Å². The smallest absolute Gasteiger partial charge is 0.306 e. The quantitative estimate of drug-likeness (QED) is 0.203. The standard InChI is InChI=1S/C18H24O4S2/c1-4-6-8-17(19)21-10-12-23-14-16(3)15-24-13-11-22-18(20)9-7-5-2/h1-2H,3,6-15H2. The molecule has 0 spiro atoms. The van der Waals surface area contributed by atoms with Crippen LogP contribution < -0.4 is 0 Å². The van der Waals surface area contributed by atoms with Gasteiger partial charge in [-0.15, -0.1) is 24.7 Å². The minimum atomic E-state index is -0.250. The van der Waals surface area contributed by atoms with E-state index in [9.17, 15) is 9.59 Å². The fourth-order valence-electron chi connectivity index (χ4n) is 1.40. The molecule has 0 aromatic carbocycles. The minimum absolute atomic E-state index is 0.250. The lowest BCUT2D eigenvalue weighted by Gasteiger charge is -2.07. The number of hydrogen-bond donors (Lipinski definition) is 0. The second kappa shape index (κ2) is 16.4. The lowest BCUT2D eigenvalue weighted by Crippen LogP contribution is -2.08. The van der Waals surface area contributed by atoms with Gasteiger partial charge in [-0.3, -0.25) is 9.59 Å². The van der Waals surface area contributed by atoms with E-state index in [-0.39, 0.29) is 24.8 Å². The first-order chi connectivity index (χ1) is 11.6. The third-order valence-electron chi connectivity index (χ3n) is 2.54. The molecule has 6 heteroatoms. The van der Waals surface area contributed by atoms with E-state index in [0.29, 0.717) is 26.1 Å². The number of terminal acetylenes is 2. The van der Waals surface area contributed by atoms with Gasteiger partial charge >= 0.3 is 11.9 Å². The number of carbonyl (C=O) groups is 2. The van der Waals surface area contributed by atoms with Gasteiger partial charge in [-0.25, -0.2) is 0 Å². The molecule has 0 heterocycles. The van der Waals surface area contributed by atoms with Gasteiger partial charge in [0, 0.05) is 35.9 Å². The van der Waals surface area contributed by atoms with Crippen LogP contribution in [0.15, 0.2) is 12.2 Å². The van der Waals surface area contributed by atoms with Crippen molar-refractivity contribution in [1.82, 2.24) is 0 Å². The Hall–Kier alpha value is -1.50. The highest BCUT2D eigenvalue weighted by Crippen LogP contribution is 2.12. The molecule has 0 saturated carbocycles. The van der Waals surface area contributed by atoms with Gasteiger partial charge in [0.25, 0.3) is 0 Å². The van der Waals surface area contributed by atoms with E-state index >= 15 is 0 Å². The van der Waals surface area contributed by atoms with Crippen molar-refractivity contribution in [3.05, 3.63) is 12.2 Å². The van der Waals surface area contributed by atoms with Crippen molar-refractivity contribution in [2.45, 2.75) is 25.7 Å². The second-order valence-corrected chi connectivity index (χ2v) is 6.91. The summed E-state index contributed by atoms with van der Waals surface area (Å²) in [5, 5.41) is 0. The van der Waals surface area contributed by atoms with Crippen molar-refractivity contribution >= 4 is 35.5 Å². The van der Waals surface area contributed by atoms with Gasteiger partial charge in [-0.2, -0.15) is 23.5 Å². The van der Waals surface area contributed by atoms with Crippen LogP contribution in [0.2, 0.25) is 0 Å². The molecule has 0 radical (unpaired) electrons. The Kier molecular flexibility index (Phi) is 15.3. The Labute approximate surface area is 153 Å². The third-order valence-corrected chi connectivity index (χ3v) is 4.68. The molecule has 0 fully saturated rings. The number of rotatable bonds is 14. The predicted octanol–water partition coefficient (Wildman–Crippen LogP) is 2.92. The van der Waals surface area contributed by atoms with E-state index in [0.717, 1.165) is 28.6 Å². The SMILES string of the molecule is C#CCCC(=O)OCCSCC(=C)CSCCOC(=O)CCC#C. The molecule has 24 heavy (non-hydrogen) atoms. The van der Waals surface area contributed by atoms with Crippen molar-refractivity contribution in [2.75, 3.05) is 36.2 Å². The monoisotopic (exact) mass is 368 g/mol. The van der Waals surface area contributed by atoms with Gasteiger partial charge in [0.15, 0.2) is 0 Å². The molecule has 0 atom stereocenters. The van der Waals surface area contributed by atoms with Crippen LogP contribution in [0.1, 0.15) is 25.7 Å². The highest BCUT2D eigenvalue weighted by Gasteiger charge is 2.03. The van der Waals surface area contributed by atoms with Crippen LogP contribution in [0.4, 0.5) is 0 Å².